The van der Waals surface area contributed by atoms with Gasteiger partial charge in [0.2, 0.25) is 0 Å². The second-order valence-electron chi connectivity index (χ2n) is 9.97. The summed E-state index contributed by atoms with van der Waals surface area (Å²) >= 11 is 0. The number of aryl methyl sites for hydroxylation is 1. The number of piperidine rings is 1. The van der Waals surface area contributed by atoms with Crippen LogP contribution >= 0.6 is 0 Å². The molecule has 2 aromatic rings. The second-order valence-corrected chi connectivity index (χ2v) is 9.97. The fourth-order valence-corrected chi connectivity index (χ4v) is 4.44. The summed E-state index contributed by atoms with van der Waals surface area (Å²) in [5.74, 6) is 2.25. The van der Waals surface area contributed by atoms with Crippen LogP contribution in [-0.2, 0) is 24.8 Å². The van der Waals surface area contributed by atoms with Crippen molar-refractivity contribution in [2.24, 2.45) is 11.8 Å². The van der Waals surface area contributed by atoms with Crippen molar-refractivity contribution in [1.82, 2.24) is 19.7 Å². The summed E-state index contributed by atoms with van der Waals surface area (Å²) in [7, 11) is 0. The Morgan fingerprint density at radius 2 is 1.86 bits per heavy atom. The second kappa shape index (κ2) is 7.88. The number of rotatable bonds is 3. The van der Waals surface area contributed by atoms with Crippen LogP contribution in [0.1, 0.15) is 63.9 Å². The number of fused-ring (bicyclic) bond motifs is 1. The monoisotopic (exact) mass is 395 g/mol. The Hall–Kier alpha value is -2.24. The molecule has 3 heterocycles. The highest BCUT2D eigenvalue weighted by molar-refractivity contribution is 5.42. The third kappa shape index (κ3) is 4.51. The lowest BCUT2D eigenvalue weighted by molar-refractivity contribution is 0.348. The van der Waals surface area contributed by atoms with E-state index in [1.807, 2.05) is 0 Å². The van der Waals surface area contributed by atoms with Gasteiger partial charge in [0.15, 0.2) is 5.82 Å². The largest absolute Gasteiger partial charge is 0.355 e. The van der Waals surface area contributed by atoms with Crippen LogP contribution in [0.15, 0.2) is 23.3 Å². The van der Waals surface area contributed by atoms with Crippen molar-refractivity contribution >= 4 is 5.82 Å². The molecule has 6 heteroatoms. The van der Waals surface area contributed by atoms with Gasteiger partial charge in [-0.25, -0.2) is 4.98 Å². The summed E-state index contributed by atoms with van der Waals surface area (Å²) in [6, 6.07) is 3.96. The molecule has 0 spiro atoms. The number of hydrogen-bond donors (Lipinski definition) is 0. The predicted molar refractivity (Wildman–Crippen MR) is 115 cm³/mol. The molecule has 0 aromatic carbocycles. The Balaban J connectivity index is 1.38. The molecular weight excluding hydrogens is 362 g/mol. The molecule has 0 radical (unpaired) electrons. The van der Waals surface area contributed by atoms with E-state index >= 15 is 0 Å². The first-order chi connectivity index (χ1) is 13.8. The average Bonchev–Trinajstić information content (AvgIpc) is 2.68. The number of nitrogens with zero attached hydrogens (tertiary/aromatic N) is 5. The van der Waals surface area contributed by atoms with Crippen LogP contribution in [0, 0.1) is 11.8 Å². The van der Waals surface area contributed by atoms with Gasteiger partial charge in [0.1, 0.15) is 0 Å². The van der Waals surface area contributed by atoms with Crippen molar-refractivity contribution in [3.8, 4) is 0 Å². The first-order valence-corrected chi connectivity index (χ1v) is 11.0. The van der Waals surface area contributed by atoms with Crippen molar-refractivity contribution in [1.29, 1.82) is 0 Å². The van der Waals surface area contributed by atoms with Crippen molar-refractivity contribution in [3.63, 3.8) is 0 Å². The third-order valence-electron chi connectivity index (χ3n) is 6.43. The van der Waals surface area contributed by atoms with Crippen LogP contribution < -0.4 is 10.5 Å². The van der Waals surface area contributed by atoms with Crippen LogP contribution in [0.4, 0.5) is 5.82 Å². The molecule has 156 valence electrons. The van der Waals surface area contributed by atoms with Gasteiger partial charge in [-0.05, 0) is 55.6 Å². The van der Waals surface area contributed by atoms with Crippen LogP contribution in [-0.4, -0.2) is 32.8 Å². The number of aromatic nitrogens is 4. The summed E-state index contributed by atoms with van der Waals surface area (Å²) in [6.07, 6.45) is 7.24. The topological polar surface area (TPSA) is 63.9 Å². The maximum Gasteiger partial charge on any atom is 0.253 e. The Kier molecular flexibility index (Phi) is 5.45. The fourth-order valence-electron chi connectivity index (χ4n) is 4.44. The van der Waals surface area contributed by atoms with E-state index in [2.05, 4.69) is 53.8 Å². The van der Waals surface area contributed by atoms with Crippen molar-refractivity contribution in [2.75, 3.05) is 18.0 Å². The van der Waals surface area contributed by atoms with E-state index in [1.54, 1.807) is 17.0 Å². The average molecular weight is 396 g/mol. The molecule has 2 aliphatic rings. The normalized spacial score (nSPS) is 20.6. The van der Waals surface area contributed by atoms with Gasteiger partial charge in [0.05, 0.1) is 17.7 Å². The van der Waals surface area contributed by atoms with Gasteiger partial charge in [0, 0.05) is 31.1 Å². The lowest BCUT2D eigenvalue weighted by Gasteiger charge is -2.33. The first-order valence-electron chi connectivity index (χ1n) is 11.0. The smallest absolute Gasteiger partial charge is 0.253 e. The molecule has 29 heavy (non-hydrogen) atoms. The van der Waals surface area contributed by atoms with Crippen molar-refractivity contribution < 1.29 is 0 Å². The molecule has 0 bridgehead atoms. The van der Waals surface area contributed by atoms with Crippen LogP contribution in [0.5, 0.6) is 0 Å². The van der Waals surface area contributed by atoms with Crippen LogP contribution in [0.3, 0.4) is 0 Å². The van der Waals surface area contributed by atoms with E-state index < -0.39 is 0 Å². The van der Waals surface area contributed by atoms with Crippen molar-refractivity contribution in [3.05, 3.63) is 45.8 Å². The van der Waals surface area contributed by atoms with Crippen LogP contribution in [0.25, 0.3) is 0 Å². The Bertz CT molecular complexity index is 922. The lowest BCUT2D eigenvalue weighted by Crippen LogP contribution is -2.37. The highest BCUT2D eigenvalue weighted by atomic mass is 16.1. The zero-order valence-electron chi connectivity index (χ0n) is 18.2. The Labute approximate surface area is 173 Å². The summed E-state index contributed by atoms with van der Waals surface area (Å²) in [5.41, 5.74) is 3.38. The predicted octanol–water partition coefficient (Wildman–Crippen LogP) is 3.37. The SMILES string of the molecule is CC1CCc2nnc(N3CCC(Cn4cnc(C(C)(C)C)cc4=O)CC3)cc2C1. The molecule has 1 atom stereocenters. The van der Waals surface area contributed by atoms with E-state index in [-0.39, 0.29) is 11.0 Å². The van der Waals surface area contributed by atoms with Gasteiger partial charge in [0.25, 0.3) is 5.56 Å². The van der Waals surface area contributed by atoms with Gasteiger partial charge in [-0.1, -0.05) is 27.7 Å². The third-order valence-corrected chi connectivity index (χ3v) is 6.43. The molecule has 0 saturated carbocycles. The molecule has 2 aromatic heterocycles. The molecule has 1 fully saturated rings. The van der Waals surface area contributed by atoms with Gasteiger partial charge in [-0.2, -0.15) is 5.10 Å². The molecular formula is C23H33N5O. The highest BCUT2D eigenvalue weighted by Crippen LogP contribution is 2.28. The minimum atomic E-state index is -0.0999. The van der Waals surface area contributed by atoms with E-state index in [1.165, 1.54) is 17.7 Å². The van der Waals surface area contributed by atoms with Gasteiger partial charge in [-0.15, -0.1) is 5.10 Å². The lowest BCUT2D eigenvalue weighted by atomic mass is 9.88. The highest BCUT2D eigenvalue weighted by Gasteiger charge is 2.24. The molecule has 1 aliphatic carbocycles. The Morgan fingerprint density at radius 1 is 1.10 bits per heavy atom. The summed E-state index contributed by atoms with van der Waals surface area (Å²) in [5, 5.41) is 9.02. The minimum absolute atomic E-state index is 0.0574. The van der Waals surface area contributed by atoms with E-state index in [9.17, 15) is 4.79 Å². The molecule has 1 saturated heterocycles. The maximum absolute atomic E-state index is 12.5. The fraction of sp³-hybridized carbons (Fsp3) is 0.652. The summed E-state index contributed by atoms with van der Waals surface area (Å²) < 4.78 is 1.77. The van der Waals surface area contributed by atoms with Gasteiger partial charge < -0.3 is 4.90 Å². The zero-order valence-corrected chi connectivity index (χ0v) is 18.2. The number of hydrogen-bond acceptors (Lipinski definition) is 5. The molecule has 6 nitrogen and oxygen atoms in total. The minimum Gasteiger partial charge on any atom is -0.355 e. The summed E-state index contributed by atoms with van der Waals surface area (Å²) in [6.45, 7) is 11.3. The van der Waals surface area contributed by atoms with E-state index in [0.29, 0.717) is 5.92 Å². The summed E-state index contributed by atoms with van der Waals surface area (Å²) in [4.78, 5) is 19.4. The van der Waals surface area contributed by atoms with Gasteiger partial charge >= 0.3 is 0 Å². The Morgan fingerprint density at radius 3 is 2.55 bits per heavy atom. The molecule has 4 rings (SSSR count). The van der Waals surface area contributed by atoms with Gasteiger partial charge in [-0.3, -0.25) is 9.36 Å². The molecule has 0 N–H and O–H groups in total. The quantitative estimate of drug-likeness (QED) is 0.797. The number of anilines is 1. The first kappa shape index (κ1) is 20.0. The molecule has 1 unspecified atom stereocenters. The van der Waals surface area contributed by atoms with E-state index in [4.69, 9.17) is 0 Å². The maximum atomic E-state index is 12.5. The van der Waals surface area contributed by atoms with Crippen LogP contribution in [0.2, 0.25) is 0 Å². The standard InChI is InChI=1S/C23H33N5O/c1-16-5-6-19-18(11-16)12-21(26-25-19)27-9-7-17(8-10-27)14-28-15-24-20(13-22(28)29)23(2,3)4/h12-13,15-17H,5-11,14H2,1-4H3. The van der Waals surface area contributed by atoms with Crippen molar-refractivity contribution in [2.45, 2.75) is 71.8 Å². The molecule has 0 amide bonds. The zero-order chi connectivity index (χ0) is 20.6. The molecule has 1 aliphatic heterocycles. The van der Waals surface area contributed by atoms with E-state index in [0.717, 1.165) is 62.7 Å².